The lowest BCUT2D eigenvalue weighted by Gasteiger charge is -2.42. The highest BCUT2D eigenvalue weighted by molar-refractivity contribution is 6.78. The molecule has 1 atom stereocenters. The van der Waals surface area contributed by atoms with Crippen LogP contribution in [0.3, 0.4) is 0 Å². The van der Waals surface area contributed by atoms with Crippen molar-refractivity contribution in [3.05, 3.63) is 24.6 Å². The van der Waals surface area contributed by atoms with Gasteiger partial charge in [0.15, 0.2) is 0 Å². The third-order valence-electron chi connectivity index (χ3n) is 3.27. The first-order valence-electron chi connectivity index (χ1n) is 4.52. The van der Waals surface area contributed by atoms with Gasteiger partial charge in [-0.15, -0.1) is 24.6 Å². The van der Waals surface area contributed by atoms with Crippen molar-refractivity contribution < 1.29 is 0 Å². The van der Waals surface area contributed by atoms with E-state index < -0.39 is 8.80 Å². The molecule has 0 fully saturated rings. The fourth-order valence-electron chi connectivity index (χ4n) is 1.19. The summed E-state index contributed by atoms with van der Waals surface area (Å²) in [5, 5.41) is 0. The first-order chi connectivity index (χ1) is 5.27. The van der Waals surface area contributed by atoms with Crippen molar-refractivity contribution in [1.29, 1.82) is 0 Å². The molecule has 12 heavy (non-hydrogen) atoms. The second-order valence-corrected chi connectivity index (χ2v) is 11.6. The maximum Gasteiger partial charge on any atom is 0.0867 e. The molecule has 0 aromatic heterocycles. The Morgan fingerprint density at radius 3 is 1.50 bits per heavy atom. The average molecular weight is 198 g/mol. The van der Waals surface area contributed by atoms with Gasteiger partial charge in [0.1, 0.15) is 0 Å². The highest BCUT2D eigenvalue weighted by Crippen LogP contribution is 2.44. The average Bonchev–Trinajstić information content (AvgIpc) is 1.87. The van der Waals surface area contributed by atoms with Crippen LogP contribution in [0.15, 0.2) is 24.6 Å². The lowest BCUT2D eigenvalue weighted by Crippen LogP contribution is -2.38. The molecular weight excluding hydrogens is 176 g/mol. The van der Waals surface area contributed by atoms with Gasteiger partial charge in [0.2, 0.25) is 0 Å². The summed E-state index contributed by atoms with van der Waals surface area (Å²) in [6.45, 7) is 17.2. The van der Waals surface area contributed by atoms with Crippen LogP contribution in [0.2, 0.25) is 4.66 Å². The Balaban J connectivity index is 4.80. The number of rotatable bonds is 3. The molecule has 0 nitrogen and oxygen atoms in total. The SMILES string of the molecule is C=C[SiH](C=C)C(C)([SiH3])C(C)(C)C. The van der Waals surface area contributed by atoms with Crippen molar-refractivity contribution in [3.63, 3.8) is 0 Å². The Hall–Kier alpha value is -0.0862. The lowest BCUT2D eigenvalue weighted by atomic mass is 9.92. The van der Waals surface area contributed by atoms with Crippen molar-refractivity contribution in [3.8, 4) is 0 Å². The second kappa shape index (κ2) is 3.75. The third kappa shape index (κ3) is 2.20. The fourth-order valence-corrected chi connectivity index (χ4v) is 4.97. The van der Waals surface area contributed by atoms with E-state index in [4.69, 9.17) is 0 Å². The molecular formula is C10H22Si2. The molecule has 0 radical (unpaired) electrons. The molecule has 1 unspecified atom stereocenters. The zero-order valence-corrected chi connectivity index (χ0v) is 12.3. The van der Waals surface area contributed by atoms with E-state index in [1.807, 2.05) is 0 Å². The van der Waals surface area contributed by atoms with Crippen molar-refractivity contribution in [2.24, 2.45) is 5.41 Å². The lowest BCUT2D eigenvalue weighted by molar-refractivity contribution is 0.358. The molecule has 0 amide bonds. The predicted molar refractivity (Wildman–Crippen MR) is 65.3 cm³/mol. The van der Waals surface area contributed by atoms with Crippen LogP contribution < -0.4 is 0 Å². The van der Waals surface area contributed by atoms with Crippen LogP contribution in [0.25, 0.3) is 0 Å². The Bertz CT molecular complexity index is 167. The van der Waals surface area contributed by atoms with E-state index in [0.29, 0.717) is 10.1 Å². The van der Waals surface area contributed by atoms with E-state index in [9.17, 15) is 0 Å². The summed E-state index contributed by atoms with van der Waals surface area (Å²) in [6, 6.07) is 0. The van der Waals surface area contributed by atoms with Crippen molar-refractivity contribution in [2.75, 3.05) is 0 Å². The minimum atomic E-state index is -0.937. The van der Waals surface area contributed by atoms with E-state index in [1.165, 1.54) is 10.2 Å². The maximum absolute atomic E-state index is 3.92. The van der Waals surface area contributed by atoms with Crippen LogP contribution in [-0.4, -0.2) is 19.0 Å². The molecule has 2 heteroatoms. The normalized spacial score (nSPS) is 17.4. The molecule has 0 aliphatic heterocycles. The smallest absolute Gasteiger partial charge is 0.0867 e. The van der Waals surface area contributed by atoms with Crippen molar-refractivity contribution >= 4 is 19.0 Å². The topological polar surface area (TPSA) is 0 Å². The molecule has 0 saturated carbocycles. The van der Waals surface area contributed by atoms with Crippen LogP contribution in [0.1, 0.15) is 27.7 Å². The summed E-state index contributed by atoms with van der Waals surface area (Å²) < 4.78 is 0.497. The summed E-state index contributed by atoms with van der Waals surface area (Å²) in [6.07, 6.45) is 0. The molecule has 0 aliphatic carbocycles. The van der Waals surface area contributed by atoms with Crippen LogP contribution in [0.5, 0.6) is 0 Å². The maximum atomic E-state index is 3.92. The molecule has 70 valence electrons. The fraction of sp³-hybridized carbons (Fsp3) is 0.600. The zero-order chi connectivity index (χ0) is 9.99. The van der Waals surface area contributed by atoms with Gasteiger partial charge in [-0.3, -0.25) is 0 Å². The highest BCUT2D eigenvalue weighted by Gasteiger charge is 2.37. The van der Waals surface area contributed by atoms with Crippen molar-refractivity contribution in [1.82, 2.24) is 0 Å². The summed E-state index contributed by atoms with van der Waals surface area (Å²) in [7, 11) is 0.292. The van der Waals surface area contributed by atoms with Gasteiger partial charge >= 0.3 is 0 Å². The first-order valence-corrected chi connectivity index (χ1v) is 7.43. The third-order valence-corrected chi connectivity index (χ3v) is 10.3. The molecule has 0 aromatic rings. The summed E-state index contributed by atoms with van der Waals surface area (Å²) in [5.41, 5.74) is 4.72. The summed E-state index contributed by atoms with van der Waals surface area (Å²) in [5.74, 6) is 0. The molecule has 0 aliphatic rings. The first kappa shape index (κ1) is 11.9. The van der Waals surface area contributed by atoms with Crippen LogP contribution >= 0.6 is 0 Å². The Morgan fingerprint density at radius 1 is 1.08 bits per heavy atom. The van der Waals surface area contributed by atoms with Crippen LogP contribution in [0, 0.1) is 5.41 Å². The summed E-state index contributed by atoms with van der Waals surface area (Å²) in [4.78, 5) is 0. The van der Waals surface area contributed by atoms with Gasteiger partial charge in [0, 0.05) is 10.2 Å². The molecule has 0 spiro atoms. The predicted octanol–water partition coefficient (Wildman–Crippen LogP) is 1.79. The van der Waals surface area contributed by atoms with Crippen LogP contribution in [0.4, 0.5) is 0 Å². The van der Waals surface area contributed by atoms with Gasteiger partial charge in [-0.05, 0) is 10.1 Å². The van der Waals surface area contributed by atoms with Gasteiger partial charge < -0.3 is 0 Å². The standard InChI is InChI=1S/C10H22Si2/c1-7-12(8-2)10(6,11)9(3,4)5/h7-8,12H,1-2H2,3-6,11H3. The largest absolute Gasteiger partial charge is 0.107 e. The van der Waals surface area contributed by atoms with E-state index in [-0.39, 0.29) is 0 Å². The van der Waals surface area contributed by atoms with Gasteiger partial charge in [0.05, 0.1) is 8.80 Å². The molecule has 0 N–H and O–H groups in total. The van der Waals surface area contributed by atoms with Gasteiger partial charge in [0.25, 0.3) is 0 Å². The second-order valence-electron chi connectivity index (χ2n) is 4.97. The highest BCUT2D eigenvalue weighted by atomic mass is 28.3. The molecule has 0 heterocycles. The van der Waals surface area contributed by atoms with Crippen molar-refractivity contribution in [2.45, 2.75) is 32.4 Å². The molecule has 0 bridgehead atoms. The Labute approximate surface area is 81.8 Å². The van der Waals surface area contributed by atoms with E-state index >= 15 is 0 Å². The molecule has 0 aromatic carbocycles. The van der Waals surface area contributed by atoms with Crippen LogP contribution in [-0.2, 0) is 0 Å². The Kier molecular flexibility index (Phi) is 3.72. The quantitative estimate of drug-likeness (QED) is 0.607. The van der Waals surface area contributed by atoms with E-state index in [2.05, 4.69) is 52.3 Å². The van der Waals surface area contributed by atoms with Gasteiger partial charge in [-0.1, -0.05) is 27.7 Å². The molecule has 0 saturated heterocycles. The molecule has 0 rings (SSSR count). The number of hydrogen-bond acceptors (Lipinski definition) is 0. The monoisotopic (exact) mass is 198 g/mol. The van der Waals surface area contributed by atoms with Gasteiger partial charge in [-0.2, -0.15) is 0 Å². The minimum absolute atomic E-state index is 0.401. The minimum Gasteiger partial charge on any atom is -0.107 e. The van der Waals surface area contributed by atoms with E-state index in [0.717, 1.165) is 0 Å². The zero-order valence-electron chi connectivity index (χ0n) is 9.15. The number of hydrogen-bond donors (Lipinski definition) is 0. The van der Waals surface area contributed by atoms with Gasteiger partial charge in [-0.25, -0.2) is 0 Å². The van der Waals surface area contributed by atoms with E-state index in [1.54, 1.807) is 0 Å². The Morgan fingerprint density at radius 2 is 1.42 bits per heavy atom. The summed E-state index contributed by atoms with van der Waals surface area (Å²) >= 11 is 0.